The van der Waals surface area contributed by atoms with Crippen LogP contribution in [0.3, 0.4) is 0 Å². The molecule has 2 saturated heterocycles. The van der Waals surface area contributed by atoms with Crippen molar-refractivity contribution in [3.05, 3.63) is 50.5 Å². The summed E-state index contributed by atoms with van der Waals surface area (Å²) in [6.45, 7) is 4.82. The zero-order valence-electron chi connectivity index (χ0n) is 21.1. The number of fused-ring (bicyclic) bond motifs is 1. The number of benzene rings is 1. The lowest BCUT2D eigenvalue weighted by Crippen LogP contribution is -2.63. The summed E-state index contributed by atoms with van der Waals surface area (Å²) < 4.78 is 5.56. The largest absolute Gasteiger partial charge is 0.456 e. The third-order valence-electron chi connectivity index (χ3n) is 7.39. The van der Waals surface area contributed by atoms with E-state index in [0.29, 0.717) is 25.1 Å². The highest BCUT2D eigenvalue weighted by atomic mass is 32.2. The minimum Gasteiger partial charge on any atom is -0.456 e. The quantitative estimate of drug-likeness (QED) is 0.141. The Kier molecular flexibility index (Phi) is 8.54. The summed E-state index contributed by atoms with van der Waals surface area (Å²) >= 11 is 1.53. The second-order valence-electron chi connectivity index (χ2n) is 9.92. The molecule has 2 fully saturated rings. The zero-order valence-corrected chi connectivity index (χ0v) is 21.9. The summed E-state index contributed by atoms with van der Waals surface area (Å²) in [5, 5.41) is 38.1. The van der Waals surface area contributed by atoms with Crippen LogP contribution in [0.4, 0.5) is 5.69 Å². The Hall–Kier alpha value is -2.51. The second-order valence-corrected chi connectivity index (χ2v) is 11.3. The Bertz CT molecular complexity index is 1060. The number of hydrogen-bond donors (Lipinski definition) is 4. The third-order valence-corrected chi connectivity index (χ3v) is 8.90. The van der Waals surface area contributed by atoms with Crippen molar-refractivity contribution >= 4 is 29.3 Å². The summed E-state index contributed by atoms with van der Waals surface area (Å²) in [6, 6.07) is 5.37. The number of nitro benzene ring substituents is 1. The predicted molar refractivity (Wildman–Crippen MR) is 137 cm³/mol. The summed E-state index contributed by atoms with van der Waals surface area (Å²) in [5.74, 6) is -1.67. The molecule has 37 heavy (non-hydrogen) atoms. The van der Waals surface area contributed by atoms with E-state index in [1.807, 2.05) is 14.0 Å². The van der Waals surface area contributed by atoms with Crippen LogP contribution in [0.1, 0.15) is 32.3 Å². The Morgan fingerprint density at radius 1 is 1.35 bits per heavy atom. The van der Waals surface area contributed by atoms with Gasteiger partial charge in [-0.15, -0.1) is 11.8 Å². The number of rotatable bonds is 11. The van der Waals surface area contributed by atoms with Crippen LogP contribution < -0.4 is 10.6 Å². The number of nitrogens with one attached hydrogen (secondary N) is 2. The van der Waals surface area contributed by atoms with Crippen molar-refractivity contribution < 1.29 is 29.5 Å². The van der Waals surface area contributed by atoms with E-state index in [-0.39, 0.29) is 47.2 Å². The number of nitro groups is 1. The first kappa shape index (κ1) is 27.5. The van der Waals surface area contributed by atoms with Gasteiger partial charge in [-0.1, -0.05) is 6.92 Å². The Labute approximate surface area is 219 Å². The highest BCUT2D eigenvalue weighted by Crippen LogP contribution is 2.52. The minimum atomic E-state index is -0.835. The molecule has 1 aromatic rings. The van der Waals surface area contributed by atoms with Crippen molar-refractivity contribution in [2.45, 2.75) is 62.8 Å². The Balaban J connectivity index is 1.50. The smallest absolute Gasteiger partial charge is 0.356 e. The van der Waals surface area contributed by atoms with Gasteiger partial charge >= 0.3 is 5.97 Å². The molecule has 202 valence electrons. The molecule has 0 unspecified atom stereocenters. The number of β-lactam (4-membered cyclic amide) rings is 1. The number of ether oxygens (including phenoxy) is 1. The van der Waals surface area contributed by atoms with E-state index in [2.05, 4.69) is 10.6 Å². The molecule has 0 radical (unpaired) electrons. The van der Waals surface area contributed by atoms with E-state index in [4.69, 9.17) is 4.74 Å². The maximum absolute atomic E-state index is 13.3. The van der Waals surface area contributed by atoms with E-state index in [0.717, 1.165) is 11.3 Å². The Morgan fingerprint density at radius 2 is 2.05 bits per heavy atom. The highest BCUT2D eigenvalue weighted by Gasteiger charge is 2.60. The molecule has 0 aromatic heterocycles. The van der Waals surface area contributed by atoms with Gasteiger partial charge in [0.05, 0.1) is 29.1 Å². The number of nitrogens with zero attached hydrogens (tertiary/aromatic N) is 2. The molecular weight excluding hydrogens is 500 g/mol. The number of thioether (sulfide) groups is 1. The molecule has 0 aliphatic carbocycles. The number of carbonyl (C=O) groups is 2. The van der Waals surface area contributed by atoms with Crippen molar-refractivity contribution in [1.82, 2.24) is 15.5 Å². The van der Waals surface area contributed by atoms with Crippen LogP contribution in [0, 0.1) is 22.0 Å². The van der Waals surface area contributed by atoms with Crippen LogP contribution in [0.15, 0.2) is 34.9 Å². The van der Waals surface area contributed by atoms with Gasteiger partial charge in [0, 0.05) is 40.8 Å². The van der Waals surface area contributed by atoms with Gasteiger partial charge in [-0.3, -0.25) is 14.9 Å². The molecular formula is C25H34N4O7S. The van der Waals surface area contributed by atoms with Crippen molar-refractivity contribution in [2.75, 3.05) is 20.1 Å². The van der Waals surface area contributed by atoms with Gasteiger partial charge < -0.3 is 30.5 Å². The molecule has 3 aliphatic rings. The van der Waals surface area contributed by atoms with Gasteiger partial charge in [-0.05, 0) is 51.1 Å². The fraction of sp³-hybridized carbons (Fsp3) is 0.600. The van der Waals surface area contributed by atoms with Gasteiger partial charge in [0.25, 0.3) is 5.69 Å². The molecule has 3 aliphatic heterocycles. The number of amides is 1. The maximum atomic E-state index is 13.3. The van der Waals surface area contributed by atoms with Crippen LogP contribution >= 0.6 is 11.8 Å². The van der Waals surface area contributed by atoms with Crippen LogP contribution in [-0.4, -0.2) is 81.6 Å². The Morgan fingerprint density at radius 3 is 2.68 bits per heavy atom. The van der Waals surface area contributed by atoms with Crippen LogP contribution in [0.2, 0.25) is 0 Å². The van der Waals surface area contributed by atoms with Crippen molar-refractivity contribution in [3.63, 3.8) is 0 Å². The van der Waals surface area contributed by atoms with E-state index >= 15 is 0 Å². The molecule has 4 rings (SSSR count). The van der Waals surface area contributed by atoms with Gasteiger partial charge in [0.2, 0.25) is 5.91 Å². The van der Waals surface area contributed by atoms with Crippen LogP contribution in [-0.2, 0) is 20.9 Å². The van der Waals surface area contributed by atoms with E-state index < -0.39 is 29.0 Å². The number of aliphatic hydroxyl groups is 2. The lowest BCUT2D eigenvalue weighted by Gasteiger charge is -2.46. The van der Waals surface area contributed by atoms with Crippen molar-refractivity contribution in [1.29, 1.82) is 0 Å². The average molecular weight is 535 g/mol. The van der Waals surface area contributed by atoms with E-state index in [9.17, 15) is 29.9 Å². The monoisotopic (exact) mass is 534 g/mol. The lowest BCUT2D eigenvalue weighted by molar-refractivity contribution is -0.384. The normalized spacial score (nSPS) is 28.6. The summed E-state index contributed by atoms with van der Waals surface area (Å²) in [4.78, 5) is 38.8. The number of non-ortho nitro benzene ring substituents is 1. The fourth-order valence-electron chi connectivity index (χ4n) is 5.39. The highest BCUT2D eigenvalue weighted by molar-refractivity contribution is 8.03. The number of hydrogen-bond acceptors (Lipinski definition) is 10. The molecule has 0 saturated carbocycles. The molecule has 3 heterocycles. The topological polar surface area (TPSA) is 154 Å². The summed E-state index contributed by atoms with van der Waals surface area (Å²) in [6.07, 6.45) is 0.0266. The van der Waals surface area contributed by atoms with Crippen molar-refractivity contribution in [3.8, 4) is 0 Å². The first-order chi connectivity index (χ1) is 17.6. The van der Waals surface area contributed by atoms with Gasteiger partial charge in [-0.2, -0.15) is 0 Å². The van der Waals surface area contributed by atoms with Gasteiger partial charge in [0.15, 0.2) is 0 Å². The fourth-order valence-corrected chi connectivity index (χ4v) is 6.88. The maximum Gasteiger partial charge on any atom is 0.356 e. The molecule has 0 spiro atoms. The molecule has 11 nitrogen and oxygen atoms in total. The number of esters is 1. The van der Waals surface area contributed by atoms with Gasteiger partial charge in [-0.25, -0.2) is 4.79 Å². The van der Waals surface area contributed by atoms with Crippen LogP contribution in [0.25, 0.3) is 0 Å². The van der Waals surface area contributed by atoms with Crippen LogP contribution in [0.5, 0.6) is 0 Å². The van der Waals surface area contributed by atoms with Gasteiger partial charge in [0.1, 0.15) is 12.3 Å². The second kappa shape index (κ2) is 11.5. The first-order valence-electron chi connectivity index (χ1n) is 12.5. The number of aliphatic hydroxyl groups excluding tert-OH is 2. The molecule has 4 N–H and O–H groups in total. The van der Waals surface area contributed by atoms with Crippen molar-refractivity contribution in [2.24, 2.45) is 11.8 Å². The minimum absolute atomic E-state index is 0.0513. The molecule has 12 heteroatoms. The summed E-state index contributed by atoms with van der Waals surface area (Å²) in [5.41, 5.74) is 0.746. The standard InChI is InChI=1S/C25H34N4O7S/c1-13-21-20(14(2)30)24(32)28(21)22(25(33)36-12-15-4-6-16(7-5-15)29(34)35)23(13)37-17-10-18(27-11-17)19(31)8-9-26-3/h4-7,13-14,17-21,26-27,30-31H,8-12H2,1-3H3/t13-,14-,17+,18+,19-,20-,21-/m1/s1. The first-order valence-corrected chi connectivity index (χ1v) is 13.4. The molecule has 7 atom stereocenters. The SMILES string of the molecule is CNCC[C@@H](O)[C@@H]1C[C@H](SC2=C(C(=O)OCc3ccc([N+](=O)[O-])cc3)N3C(=O)[C@H]([C@@H](C)O)[C@H]3[C@H]2C)CN1. The average Bonchev–Trinajstić information content (AvgIpc) is 3.43. The molecule has 1 amide bonds. The number of carbonyl (C=O) groups excluding carboxylic acids is 2. The lowest BCUT2D eigenvalue weighted by atomic mass is 9.79. The van der Waals surface area contributed by atoms with E-state index in [1.165, 1.54) is 40.9 Å². The predicted octanol–water partition coefficient (Wildman–Crippen LogP) is 1.14. The summed E-state index contributed by atoms with van der Waals surface area (Å²) in [7, 11) is 1.84. The third kappa shape index (κ3) is 5.53. The molecule has 1 aromatic carbocycles. The molecule has 0 bridgehead atoms. The zero-order chi connectivity index (χ0) is 26.9. The van der Waals surface area contributed by atoms with E-state index in [1.54, 1.807) is 6.92 Å².